The molecule has 1 N–H and O–H groups in total. The van der Waals surface area contributed by atoms with Gasteiger partial charge in [-0.15, -0.1) is 0 Å². The van der Waals surface area contributed by atoms with Gasteiger partial charge < -0.3 is 4.74 Å². The SMILES string of the molecule is CC(C)(C)CC(=NCOC=N)C1CCCCC1. The van der Waals surface area contributed by atoms with Crippen molar-refractivity contribution in [2.45, 2.75) is 59.3 Å². The molecule has 0 amide bonds. The Balaban J connectivity index is 2.62. The molecule has 0 aromatic carbocycles. The summed E-state index contributed by atoms with van der Waals surface area (Å²) in [6, 6.07) is 0. The predicted octanol–water partition coefficient (Wildman–Crippen LogP) is 4.03. The second-order valence-electron chi connectivity index (χ2n) is 6.14. The van der Waals surface area contributed by atoms with Gasteiger partial charge in [-0.05, 0) is 30.6 Å². The molecule has 1 saturated carbocycles. The molecule has 3 nitrogen and oxygen atoms in total. The van der Waals surface area contributed by atoms with Gasteiger partial charge >= 0.3 is 0 Å². The number of aliphatic imine (C=N–C) groups is 1. The van der Waals surface area contributed by atoms with Crippen LogP contribution in [0.4, 0.5) is 0 Å². The summed E-state index contributed by atoms with van der Waals surface area (Å²) < 4.78 is 4.92. The molecule has 1 aliphatic carbocycles. The summed E-state index contributed by atoms with van der Waals surface area (Å²) in [6.45, 7) is 7.07. The molecule has 1 rings (SSSR count). The van der Waals surface area contributed by atoms with Gasteiger partial charge in [0.25, 0.3) is 0 Å². The Morgan fingerprint density at radius 3 is 2.47 bits per heavy atom. The lowest BCUT2D eigenvalue weighted by molar-refractivity contribution is 0.325. The molecule has 0 aliphatic heterocycles. The van der Waals surface area contributed by atoms with Gasteiger partial charge in [0.1, 0.15) is 0 Å². The zero-order valence-electron chi connectivity index (χ0n) is 11.5. The third-order valence-electron chi connectivity index (χ3n) is 3.21. The molecule has 0 spiro atoms. The van der Waals surface area contributed by atoms with Gasteiger partial charge in [-0.1, -0.05) is 40.0 Å². The highest BCUT2D eigenvalue weighted by Gasteiger charge is 2.23. The van der Waals surface area contributed by atoms with E-state index in [4.69, 9.17) is 10.1 Å². The predicted molar refractivity (Wildman–Crippen MR) is 72.8 cm³/mol. The molecule has 98 valence electrons. The largest absolute Gasteiger partial charge is 0.461 e. The summed E-state index contributed by atoms with van der Waals surface area (Å²) in [7, 11) is 0. The lowest BCUT2D eigenvalue weighted by Crippen LogP contribution is -2.23. The highest BCUT2D eigenvalue weighted by molar-refractivity contribution is 5.87. The van der Waals surface area contributed by atoms with Gasteiger partial charge in [0.15, 0.2) is 13.1 Å². The zero-order valence-corrected chi connectivity index (χ0v) is 11.5. The maximum absolute atomic E-state index is 6.85. The van der Waals surface area contributed by atoms with Gasteiger partial charge in [-0.25, -0.2) is 0 Å². The lowest BCUT2D eigenvalue weighted by Gasteiger charge is -2.28. The Morgan fingerprint density at radius 2 is 1.94 bits per heavy atom. The van der Waals surface area contributed by atoms with Crippen LogP contribution < -0.4 is 0 Å². The van der Waals surface area contributed by atoms with Crippen molar-refractivity contribution in [1.29, 1.82) is 5.41 Å². The summed E-state index contributed by atoms with van der Waals surface area (Å²) in [5, 5.41) is 6.85. The van der Waals surface area contributed by atoms with Crippen LogP contribution in [0.2, 0.25) is 0 Å². The van der Waals surface area contributed by atoms with Crippen LogP contribution in [-0.2, 0) is 4.74 Å². The van der Waals surface area contributed by atoms with E-state index in [0.29, 0.717) is 12.6 Å². The minimum atomic E-state index is 0.279. The second kappa shape index (κ2) is 6.77. The van der Waals surface area contributed by atoms with E-state index < -0.39 is 0 Å². The average molecular weight is 238 g/mol. The molecule has 0 heterocycles. The fraction of sp³-hybridized carbons (Fsp3) is 0.857. The van der Waals surface area contributed by atoms with E-state index in [1.165, 1.54) is 37.8 Å². The van der Waals surface area contributed by atoms with Crippen molar-refractivity contribution in [2.24, 2.45) is 16.3 Å². The summed E-state index contributed by atoms with van der Waals surface area (Å²) >= 11 is 0. The summed E-state index contributed by atoms with van der Waals surface area (Å²) in [4.78, 5) is 4.57. The Morgan fingerprint density at radius 1 is 1.29 bits per heavy atom. The monoisotopic (exact) mass is 238 g/mol. The lowest BCUT2D eigenvalue weighted by atomic mass is 9.79. The first-order valence-electron chi connectivity index (χ1n) is 6.67. The number of nitrogens with zero attached hydrogens (tertiary/aromatic N) is 1. The maximum Gasteiger partial charge on any atom is 0.180 e. The molecule has 0 aromatic rings. The van der Waals surface area contributed by atoms with Crippen LogP contribution >= 0.6 is 0 Å². The minimum Gasteiger partial charge on any atom is -0.461 e. The van der Waals surface area contributed by atoms with Crippen LogP contribution in [0.15, 0.2) is 4.99 Å². The highest BCUT2D eigenvalue weighted by Crippen LogP contribution is 2.30. The van der Waals surface area contributed by atoms with Crippen LogP contribution in [0.25, 0.3) is 0 Å². The van der Waals surface area contributed by atoms with E-state index in [2.05, 4.69) is 25.8 Å². The summed E-state index contributed by atoms with van der Waals surface area (Å²) in [5.41, 5.74) is 1.58. The minimum absolute atomic E-state index is 0.279. The van der Waals surface area contributed by atoms with Crippen LogP contribution in [0.5, 0.6) is 0 Å². The van der Waals surface area contributed by atoms with E-state index in [-0.39, 0.29) is 5.41 Å². The topological polar surface area (TPSA) is 45.4 Å². The van der Waals surface area contributed by atoms with Crippen LogP contribution in [0.3, 0.4) is 0 Å². The molecule has 3 heteroatoms. The van der Waals surface area contributed by atoms with Gasteiger partial charge in [0.05, 0.1) is 0 Å². The number of rotatable bonds is 5. The fourth-order valence-corrected chi connectivity index (χ4v) is 2.47. The third kappa shape index (κ3) is 5.85. The molecule has 0 aromatic heterocycles. The normalized spacial score (nSPS) is 19.1. The van der Waals surface area contributed by atoms with Crippen molar-refractivity contribution in [1.82, 2.24) is 0 Å². The molecule has 1 fully saturated rings. The van der Waals surface area contributed by atoms with Crippen molar-refractivity contribution in [3.63, 3.8) is 0 Å². The van der Waals surface area contributed by atoms with E-state index in [1.54, 1.807) is 0 Å². The van der Waals surface area contributed by atoms with Gasteiger partial charge in [0.2, 0.25) is 0 Å². The Kier molecular flexibility index (Phi) is 5.66. The molecule has 17 heavy (non-hydrogen) atoms. The quantitative estimate of drug-likeness (QED) is 0.439. The van der Waals surface area contributed by atoms with Crippen molar-refractivity contribution < 1.29 is 4.74 Å². The molecule has 0 bridgehead atoms. The molecule has 0 atom stereocenters. The van der Waals surface area contributed by atoms with Crippen molar-refractivity contribution in [2.75, 3.05) is 6.73 Å². The van der Waals surface area contributed by atoms with Crippen LogP contribution in [0.1, 0.15) is 59.3 Å². The standard InChI is InChI=1S/C14H26N2O/c1-14(2,3)9-13(16-11-17-10-15)12-7-5-4-6-8-12/h10,12,15H,4-9,11H2,1-3H3. The van der Waals surface area contributed by atoms with E-state index >= 15 is 0 Å². The number of hydrogen-bond donors (Lipinski definition) is 1. The second-order valence-corrected chi connectivity index (χ2v) is 6.14. The molecule has 0 unspecified atom stereocenters. The number of ether oxygens (including phenoxy) is 1. The van der Waals surface area contributed by atoms with Gasteiger partial charge in [0, 0.05) is 5.71 Å². The number of nitrogens with one attached hydrogen (secondary N) is 1. The third-order valence-corrected chi connectivity index (χ3v) is 3.21. The maximum atomic E-state index is 6.85. The fourth-order valence-electron chi connectivity index (χ4n) is 2.47. The van der Waals surface area contributed by atoms with Crippen LogP contribution in [-0.4, -0.2) is 18.8 Å². The first-order chi connectivity index (χ1) is 8.03. The van der Waals surface area contributed by atoms with E-state index in [0.717, 1.165) is 12.8 Å². The van der Waals surface area contributed by atoms with Gasteiger partial charge in [-0.3, -0.25) is 10.4 Å². The van der Waals surface area contributed by atoms with Crippen molar-refractivity contribution in [3.8, 4) is 0 Å². The molecular formula is C14H26N2O. The summed E-state index contributed by atoms with van der Waals surface area (Å²) in [5.74, 6) is 0.650. The van der Waals surface area contributed by atoms with Crippen LogP contribution in [0, 0.1) is 16.7 Å². The highest BCUT2D eigenvalue weighted by atomic mass is 16.5. The van der Waals surface area contributed by atoms with Crippen molar-refractivity contribution >= 4 is 12.1 Å². The number of hydrogen-bond acceptors (Lipinski definition) is 3. The van der Waals surface area contributed by atoms with Gasteiger partial charge in [-0.2, -0.15) is 0 Å². The average Bonchev–Trinajstić information content (AvgIpc) is 2.28. The Bertz CT molecular complexity index is 260. The Hall–Kier alpha value is -0.860. The van der Waals surface area contributed by atoms with E-state index in [1.807, 2.05) is 0 Å². The molecule has 0 radical (unpaired) electrons. The molecular weight excluding hydrogens is 212 g/mol. The first kappa shape index (κ1) is 14.2. The summed E-state index contributed by atoms with van der Waals surface area (Å²) in [6.07, 6.45) is 8.60. The smallest absolute Gasteiger partial charge is 0.180 e. The zero-order chi connectivity index (χ0) is 12.7. The van der Waals surface area contributed by atoms with Crippen molar-refractivity contribution in [3.05, 3.63) is 0 Å². The Labute approximate surface area is 105 Å². The molecule has 0 saturated heterocycles. The molecule has 1 aliphatic rings. The van der Waals surface area contributed by atoms with E-state index in [9.17, 15) is 0 Å². The first-order valence-corrected chi connectivity index (χ1v) is 6.67.